The van der Waals surface area contributed by atoms with Crippen molar-refractivity contribution in [3.8, 4) is 0 Å². The van der Waals surface area contributed by atoms with Crippen molar-refractivity contribution in [2.75, 3.05) is 6.54 Å². The topological polar surface area (TPSA) is 12.0 Å². The zero-order valence-corrected chi connectivity index (χ0v) is 10.1. The fourth-order valence-electron chi connectivity index (χ4n) is 1.31. The average Bonchev–Trinajstić information content (AvgIpc) is 1.98. The van der Waals surface area contributed by atoms with Crippen LogP contribution in [0.15, 0.2) is 0 Å². The molecular formula is C12H27N. The van der Waals surface area contributed by atoms with Gasteiger partial charge in [-0.3, -0.25) is 0 Å². The highest BCUT2D eigenvalue weighted by molar-refractivity contribution is 4.66. The maximum atomic E-state index is 3.57. The minimum atomic E-state index is 0.470. The van der Waals surface area contributed by atoms with Crippen LogP contribution in [-0.2, 0) is 0 Å². The van der Waals surface area contributed by atoms with E-state index in [2.05, 4.69) is 39.9 Å². The van der Waals surface area contributed by atoms with Crippen LogP contribution in [0, 0.1) is 5.41 Å². The Balaban J connectivity index is 3.31. The molecule has 0 aliphatic carbocycles. The normalized spacial score (nSPS) is 14.5. The lowest BCUT2D eigenvalue weighted by atomic mass is 9.92. The van der Waals surface area contributed by atoms with Crippen molar-refractivity contribution in [1.29, 1.82) is 0 Å². The molecule has 0 bridgehead atoms. The van der Waals surface area contributed by atoms with Crippen molar-refractivity contribution in [2.24, 2.45) is 5.41 Å². The standard InChI is InChI=1S/C12H27N/c1-6-7-8-11(2)13-10-9-12(3,4)5/h11,13H,6-10H2,1-5H3. The van der Waals surface area contributed by atoms with E-state index < -0.39 is 0 Å². The molecule has 0 aliphatic heterocycles. The predicted molar refractivity (Wildman–Crippen MR) is 61.1 cm³/mol. The first kappa shape index (κ1) is 13.0. The summed E-state index contributed by atoms with van der Waals surface area (Å²) in [5.41, 5.74) is 0.470. The van der Waals surface area contributed by atoms with Gasteiger partial charge in [0.2, 0.25) is 0 Å². The smallest absolute Gasteiger partial charge is 0.00387 e. The van der Waals surface area contributed by atoms with Gasteiger partial charge in [0.05, 0.1) is 0 Å². The van der Waals surface area contributed by atoms with Crippen LogP contribution in [0.3, 0.4) is 0 Å². The lowest BCUT2D eigenvalue weighted by molar-refractivity contribution is 0.352. The summed E-state index contributed by atoms with van der Waals surface area (Å²) >= 11 is 0. The van der Waals surface area contributed by atoms with Gasteiger partial charge in [-0.05, 0) is 31.7 Å². The van der Waals surface area contributed by atoms with Gasteiger partial charge in [-0.25, -0.2) is 0 Å². The van der Waals surface area contributed by atoms with Crippen LogP contribution in [0.2, 0.25) is 0 Å². The predicted octanol–water partition coefficient (Wildman–Crippen LogP) is 3.59. The van der Waals surface area contributed by atoms with Crippen LogP contribution in [-0.4, -0.2) is 12.6 Å². The molecule has 0 fully saturated rings. The monoisotopic (exact) mass is 185 g/mol. The van der Waals surface area contributed by atoms with E-state index in [1.807, 2.05) is 0 Å². The minimum absolute atomic E-state index is 0.470. The Kier molecular flexibility index (Phi) is 6.40. The van der Waals surface area contributed by atoms with E-state index in [9.17, 15) is 0 Å². The van der Waals surface area contributed by atoms with Gasteiger partial charge in [0.1, 0.15) is 0 Å². The maximum Gasteiger partial charge on any atom is 0.00387 e. The molecule has 0 saturated carbocycles. The van der Waals surface area contributed by atoms with Crippen molar-refractivity contribution in [3.05, 3.63) is 0 Å². The average molecular weight is 185 g/mol. The molecule has 0 radical (unpaired) electrons. The number of hydrogen-bond acceptors (Lipinski definition) is 1. The molecule has 0 aromatic rings. The van der Waals surface area contributed by atoms with E-state index in [4.69, 9.17) is 0 Å². The molecule has 0 spiro atoms. The Bertz CT molecular complexity index is 113. The van der Waals surface area contributed by atoms with E-state index in [-0.39, 0.29) is 0 Å². The fourth-order valence-corrected chi connectivity index (χ4v) is 1.31. The molecular weight excluding hydrogens is 158 g/mol. The zero-order chi connectivity index (χ0) is 10.3. The summed E-state index contributed by atoms with van der Waals surface area (Å²) in [6, 6.07) is 0.697. The highest BCUT2D eigenvalue weighted by atomic mass is 14.9. The van der Waals surface area contributed by atoms with Gasteiger partial charge in [-0.15, -0.1) is 0 Å². The summed E-state index contributed by atoms with van der Waals surface area (Å²) < 4.78 is 0. The van der Waals surface area contributed by atoms with Crippen molar-refractivity contribution >= 4 is 0 Å². The van der Waals surface area contributed by atoms with Crippen molar-refractivity contribution in [2.45, 2.75) is 66.3 Å². The summed E-state index contributed by atoms with van der Waals surface area (Å²) in [5.74, 6) is 0. The third kappa shape index (κ3) is 9.88. The summed E-state index contributed by atoms with van der Waals surface area (Å²) in [7, 11) is 0. The lowest BCUT2D eigenvalue weighted by Crippen LogP contribution is -2.29. The van der Waals surface area contributed by atoms with Crippen LogP contribution in [0.1, 0.15) is 60.3 Å². The highest BCUT2D eigenvalue weighted by Gasteiger charge is 2.09. The largest absolute Gasteiger partial charge is 0.314 e. The molecule has 1 unspecified atom stereocenters. The van der Waals surface area contributed by atoms with E-state index in [0.717, 1.165) is 6.54 Å². The van der Waals surface area contributed by atoms with Gasteiger partial charge in [-0.2, -0.15) is 0 Å². The summed E-state index contributed by atoms with van der Waals surface area (Å²) in [6.07, 6.45) is 5.25. The Morgan fingerprint density at radius 3 is 2.31 bits per heavy atom. The molecule has 1 N–H and O–H groups in total. The Morgan fingerprint density at radius 2 is 1.85 bits per heavy atom. The van der Waals surface area contributed by atoms with Crippen molar-refractivity contribution < 1.29 is 0 Å². The SMILES string of the molecule is CCCCC(C)NCCC(C)(C)C. The third-order valence-electron chi connectivity index (χ3n) is 2.36. The van der Waals surface area contributed by atoms with Crippen molar-refractivity contribution in [1.82, 2.24) is 5.32 Å². The second kappa shape index (κ2) is 6.42. The highest BCUT2D eigenvalue weighted by Crippen LogP contribution is 2.17. The molecule has 0 saturated heterocycles. The van der Waals surface area contributed by atoms with Gasteiger partial charge >= 0.3 is 0 Å². The van der Waals surface area contributed by atoms with Gasteiger partial charge in [-0.1, -0.05) is 40.5 Å². The molecule has 13 heavy (non-hydrogen) atoms. The second-order valence-corrected chi connectivity index (χ2v) is 5.31. The van der Waals surface area contributed by atoms with E-state index in [1.165, 1.54) is 25.7 Å². The fraction of sp³-hybridized carbons (Fsp3) is 1.00. The van der Waals surface area contributed by atoms with Crippen LogP contribution < -0.4 is 5.32 Å². The Morgan fingerprint density at radius 1 is 1.23 bits per heavy atom. The van der Waals surface area contributed by atoms with E-state index in [1.54, 1.807) is 0 Å². The molecule has 80 valence electrons. The van der Waals surface area contributed by atoms with E-state index in [0.29, 0.717) is 11.5 Å². The number of nitrogens with one attached hydrogen (secondary N) is 1. The van der Waals surface area contributed by atoms with Crippen LogP contribution in [0.4, 0.5) is 0 Å². The minimum Gasteiger partial charge on any atom is -0.314 e. The molecule has 1 heteroatoms. The van der Waals surface area contributed by atoms with Gasteiger partial charge < -0.3 is 5.32 Å². The Labute approximate surface area is 84.3 Å². The van der Waals surface area contributed by atoms with Gasteiger partial charge in [0, 0.05) is 6.04 Å². The number of rotatable bonds is 6. The molecule has 0 aliphatic rings. The van der Waals surface area contributed by atoms with Gasteiger partial charge in [0.25, 0.3) is 0 Å². The molecule has 0 heterocycles. The summed E-state index contributed by atoms with van der Waals surface area (Å²) in [4.78, 5) is 0. The quantitative estimate of drug-likeness (QED) is 0.667. The number of unbranched alkanes of at least 4 members (excludes halogenated alkanes) is 1. The van der Waals surface area contributed by atoms with Crippen LogP contribution in [0.25, 0.3) is 0 Å². The lowest BCUT2D eigenvalue weighted by Gasteiger charge is -2.20. The van der Waals surface area contributed by atoms with Crippen LogP contribution in [0.5, 0.6) is 0 Å². The first-order valence-corrected chi connectivity index (χ1v) is 5.69. The van der Waals surface area contributed by atoms with Gasteiger partial charge in [0.15, 0.2) is 0 Å². The van der Waals surface area contributed by atoms with Crippen molar-refractivity contribution in [3.63, 3.8) is 0 Å². The molecule has 0 aromatic heterocycles. The molecule has 1 nitrogen and oxygen atoms in total. The first-order valence-electron chi connectivity index (χ1n) is 5.69. The summed E-state index contributed by atoms with van der Waals surface area (Å²) in [5, 5.41) is 3.57. The number of hydrogen-bond donors (Lipinski definition) is 1. The summed E-state index contributed by atoms with van der Waals surface area (Å²) in [6.45, 7) is 12.6. The first-order chi connectivity index (χ1) is 5.95. The Hall–Kier alpha value is -0.0400. The molecule has 1 atom stereocenters. The zero-order valence-electron chi connectivity index (χ0n) is 10.1. The molecule has 0 aromatic carbocycles. The molecule has 0 rings (SSSR count). The van der Waals surface area contributed by atoms with Crippen LogP contribution >= 0.6 is 0 Å². The second-order valence-electron chi connectivity index (χ2n) is 5.31. The maximum absolute atomic E-state index is 3.57. The third-order valence-corrected chi connectivity index (χ3v) is 2.36. The molecule has 0 amide bonds. The van der Waals surface area contributed by atoms with E-state index >= 15 is 0 Å².